The van der Waals surface area contributed by atoms with Gasteiger partial charge in [-0.3, -0.25) is 4.90 Å². The van der Waals surface area contributed by atoms with Gasteiger partial charge in [0.05, 0.1) is 50.4 Å². The van der Waals surface area contributed by atoms with Crippen LogP contribution in [0.1, 0.15) is 6.42 Å². The summed E-state index contributed by atoms with van der Waals surface area (Å²) in [6, 6.07) is 3.99. The number of alkyl halides is 4. The van der Waals surface area contributed by atoms with Gasteiger partial charge in [0, 0.05) is 18.3 Å². The minimum atomic E-state index is -2.98. The van der Waals surface area contributed by atoms with Gasteiger partial charge in [0.1, 0.15) is 11.0 Å². The molecule has 1 atom stereocenters. The van der Waals surface area contributed by atoms with Crippen molar-refractivity contribution in [2.75, 3.05) is 37.4 Å². The van der Waals surface area contributed by atoms with Crippen molar-refractivity contribution in [3.8, 4) is 11.3 Å². The third-order valence-electron chi connectivity index (χ3n) is 6.68. The van der Waals surface area contributed by atoms with Crippen molar-refractivity contribution >= 4 is 28.4 Å². The molecule has 2 aliphatic rings. The lowest BCUT2D eigenvalue weighted by Crippen LogP contribution is -2.61. The number of fused-ring (bicyclic) bond motifs is 2. The predicted octanol–water partition coefficient (Wildman–Crippen LogP) is 2.51. The Bertz CT molecular complexity index is 1420. The molecule has 0 spiro atoms. The second-order valence-electron chi connectivity index (χ2n) is 9.08. The van der Waals surface area contributed by atoms with Gasteiger partial charge in [0.2, 0.25) is 5.95 Å². The van der Waals surface area contributed by atoms with E-state index in [4.69, 9.17) is 10.5 Å². The molecule has 4 aromatic rings. The van der Waals surface area contributed by atoms with Crippen molar-refractivity contribution in [3.05, 3.63) is 30.7 Å². The Morgan fingerprint density at radius 1 is 1.19 bits per heavy atom. The summed E-state index contributed by atoms with van der Waals surface area (Å²) in [4.78, 5) is 14.6. The molecule has 0 radical (unpaired) electrons. The lowest BCUT2D eigenvalue weighted by atomic mass is 9.98. The molecule has 0 saturated carbocycles. The summed E-state index contributed by atoms with van der Waals surface area (Å²) in [5.41, 5.74) is 8.49. The van der Waals surface area contributed by atoms with Crippen molar-refractivity contribution in [1.82, 2.24) is 34.0 Å². The summed E-state index contributed by atoms with van der Waals surface area (Å²) in [6.07, 6.45) is 0.608. The second kappa shape index (κ2) is 8.55. The molecule has 2 fully saturated rings. The molecule has 0 aliphatic carbocycles. The third-order valence-corrected chi connectivity index (χ3v) is 6.68. The molecule has 0 amide bonds. The first-order valence-electron chi connectivity index (χ1n) is 11.5. The van der Waals surface area contributed by atoms with E-state index in [-0.39, 0.29) is 30.8 Å². The van der Waals surface area contributed by atoms with Crippen LogP contribution in [0, 0.1) is 0 Å². The highest BCUT2D eigenvalue weighted by atomic mass is 19.3. The van der Waals surface area contributed by atoms with Crippen LogP contribution >= 0.6 is 0 Å². The fraction of sp³-hybridized carbons (Fsp3) is 0.455. The summed E-state index contributed by atoms with van der Waals surface area (Å²) >= 11 is 0. The predicted molar refractivity (Wildman–Crippen MR) is 123 cm³/mol. The minimum Gasteiger partial charge on any atom is -0.382 e. The van der Waals surface area contributed by atoms with E-state index < -0.39 is 24.9 Å². The van der Waals surface area contributed by atoms with Gasteiger partial charge in [-0.05, 0) is 24.6 Å². The molecule has 190 valence electrons. The van der Waals surface area contributed by atoms with Gasteiger partial charge in [-0.25, -0.2) is 32.0 Å². The van der Waals surface area contributed by atoms with E-state index in [1.165, 1.54) is 15.4 Å². The van der Waals surface area contributed by atoms with Gasteiger partial charge < -0.3 is 20.4 Å². The minimum absolute atomic E-state index is 0.00864. The normalized spacial score (nSPS) is 20.9. The van der Waals surface area contributed by atoms with E-state index in [0.29, 0.717) is 47.7 Å². The van der Waals surface area contributed by atoms with Gasteiger partial charge >= 0.3 is 0 Å². The molecule has 14 heteroatoms. The van der Waals surface area contributed by atoms with Crippen molar-refractivity contribution < 1.29 is 22.3 Å². The number of hydrogen-bond donors (Lipinski definition) is 2. The zero-order chi connectivity index (χ0) is 25.0. The molecule has 2 aliphatic heterocycles. The lowest BCUT2D eigenvalue weighted by molar-refractivity contribution is -0.131. The number of imidazole rings is 1. The largest absolute Gasteiger partial charge is 0.382 e. The van der Waals surface area contributed by atoms with E-state index in [2.05, 4.69) is 25.4 Å². The Labute approximate surface area is 202 Å². The zero-order valence-corrected chi connectivity index (χ0v) is 19.0. The number of halogens is 4. The lowest BCUT2D eigenvalue weighted by Gasteiger charge is -2.44. The molecule has 3 N–H and O–H groups in total. The number of aromatic nitrogens is 6. The number of nitrogens with one attached hydrogen (secondary N) is 1. The average molecular weight is 505 g/mol. The molecule has 4 aromatic heterocycles. The van der Waals surface area contributed by atoms with Crippen LogP contribution in [-0.2, 0) is 11.3 Å². The van der Waals surface area contributed by atoms with Crippen molar-refractivity contribution in [2.45, 2.75) is 37.4 Å². The second-order valence-corrected chi connectivity index (χ2v) is 9.08. The Balaban J connectivity index is 1.27. The number of ether oxygens (including phenoxy) is 1. The van der Waals surface area contributed by atoms with E-state index >= 15 is 0 Å². The molecule has 2 saturated heterocycles. The van der Waals surface area contributed by atoms with Gasteiger partial charge in [0.25, 0.3) is 12.3 Å². The fourth-order valence-electron chi connectivity index (χ4n) is 4.74. The van der Waals surface area contributed by atoms with E-state index in [9.17, 15) is 17.6 Å². The topological polar surface area (TPSA) is 111 Å². The number of nitrogen functional groups attached to an aromatic ring is 1. The number of piperidine rings is 1. The molecule has 36 heavy (non-hydrogen) atoms. The Morgan fingerprint density at radius 3 is 2.75 bits per heavy atom. The van der Waals surface area contributed by atoms with Crippen LogP contribution in [0.5, 0.6) is 0 Å². The number of nitrogens with zero attached hydrogens (tertiary/aromatic N) is 7. The molecule has 0 aromatic carbocycles. The standard InChI is InChI=1S/C22H23F4N9O/c23-17(24)7-34-11-28-15-2-1-14(29-20(15)34)13-3-6-35-18(13)19(27)31-21(32-35)30-16-4-5-33(10-22(16,25)26)12-8-36-9-12/h1-3,6,11-12,16-17H,4-5,7-10H2,(H3,27,30,31,32). The summed E-state index contributed by atoms with van der Waals surface area (Å²) in [5, 5.41) is 7.10. The quantitative estimate of drug-likeness (QED) is 0.385. The van der Waals surface area contributed by atoms with Crippen LogP contribution in [0.2, 0.25) is 0 Å². The van der Waals surface area contributed by atoms with Crippen LogP contribution in [0.25, 0.3) is 27.9 Å². The van der Waals surface area contributed by atoms with Crippen LogP contribution in [0.15, 0.2) is 30.7 Å². The van der Waals surface area contributed by atoms with E-state index in [0.717, 1.165) is 0 Å². The highest BCUT2D eigenvalue weighted by Crippen LogP contribution is 2.33. The smallest absolute Gasteiger partial charge is 0.280 e. The molecule has 10 nitrogen and oxygen atoms in total. The molecular formula is C22H23F4N9O. The summed E-state index contributed by atoms with van der Waals surface area (Å²) in [6.45, 7) is 0.596. The summed E-state index contributed by atoms with van der Waals surface area (Å²) in [7, 11) is 0. The molecule has 1 unspecified atom stereocenters. The van der Waals surface area contributed by atoms with Gasteiger partial charge in [-0.2, -0.15) is 4.98 Å². The van der Waals surface area contributed by atoms with Crippen LogP contribution in [-0.4, -0.2) is 84.8 Å². The highest BCUT2D eigenvalue weighted by Gasteiger charge is 2.47. The molecular weight excluding hydrogens is 482 g/mol. The van der Waals surface area contributed by atoms with Crippen LogP contribution in [0.4, 0.5) is 29.3 Å². The zero-order valence-electron chi connectivity index (χ0n) is 19.0. The number of rotatable bonds is 6. The molecule has 6 rings (SSSR count). The Morgan fingerprint density at radius 2 is 2.03 bits per heavy atom. The van der Waals surface area contributed by atoms with Crippen molar-refractivity contribution in [3.63, 3.8) is 0 Å². The van der Waals surface area contributed by atoms with Gasteiger partial charge in [-0.1, -0.05) is 0 Å². The maximum absolute atomic E-state index is 14.9. The van der Waals surface area contributed by atoms with Gasteiger partial charge in [0.15, 0.2) is 11.5 Å². The first kappa shape index (κ1) is 22.9. The number of likely N-dealkylation sites (tertiary alicyclic amines) is 1. The van der Waals surface area contributed by atoms with E-state index in [1.807, 2.05) is 0 Å². The molecule has 0 bridgehead atoms. The number of nitrogens with two attached hydrogens (primary N) is 1. The van der Waals surface area contributed by atoms with Gasteiger partial charge in [-0.15, -0.1) is 5.10 Å². The summed E-state index contributed by atoms with van der Waals surface area (Å²) in [5.74, 6) is -2.92. The Kier molecular flexibility index (Phi) is 5.44. The van der Waals surface area contributed by atoms with E-state index in [1.54, 1.807) is 29.3 Å². The SMILES string of the molecule is Nc1nc(NC2CCN(C3COC3)CC2(F)F)nn2ccc(-c3ccc4ncn(CC(F)F)c4n3)c12. The monoisotopic (exact) mass is 505 g/mol. The first-order chi connectivity index (χ1) is 17.3. The van der Waals surface area contributed by atoms with Crippen molar-refractivity contribution in [2.24, 2.45) is 0 Å². The maximum Gasteiger partial charge on any atom is 0.280 e. The maximum atomic E-state index is 14.9. The fourth-order valence-corrected chi connectivity index (χ4v) is 4.74. The third kappa shape index (κ3) is 3.99. The number of hydrogen-bond acceptors (Lipinski definition) is 8. The number of pyridine rings is 1. The van der Waals surface area contributed by atoms with Crippen LogP contribution in [0.3, 0.4) is 0 Å². The first-order valence-corrected chi connectivity index (χ1v) is 11.5. The summed E-state index contributed by atoms with van der Waals surface area (Å²) < 4.78 is 63.4. The number of anilines is 2. The Hall–Kier alpha value is -3.52. The molecule has 6 heterocycles. The van der Waals surface area contributed by atoms with Crippen molar-refractivity contribution in [1.29, 1.82) is 0 Å². The highest BCUT2D eigenvalue weighted by molar-refractivity contribution is 5.88. The van der Waals surface area contributed by atoms with Crippen LogP contribution < -0.4 is 11.1 Å². The average Bonchev–Trinajstić information content (AvgIpc) is 3.38.